The number of aryl methyl sites for hydroxylation is 1. The zero-order chi connectivity index (χ0) is 19.2. The summed E-state index contributed by atoms with van der Waals surface area (Å²) < 4.78 is 10.7. The number of halogens is 1. The van der Waals surface area contributed by atoms with E-state index >= 15 is 0 Å². The first-order chi connectivity index (χ1) is 13.0. The first kappa shape index (κ1) is 18.8. The van der Waals surface area contributed by atoms with Crippen LogP contribution in [0.25, 0.3) is 11.5 Å². The number of carbonyl (C=O) groups is 2. The number of nitrogens with zero attached hydrogens (tertiary/aromatic N) is 2. The van der Waals surface area contributed by atoms with Crippen LogP contribution in [-0.2, 0) is 16.0 Å². The molecule has 0 N–H and O–H groups in total. The highest BCUT2D eigenvalue weighted by Crippen LogP contribution is 2.18. The van der Waals surface area contributed by atoms with E-state index in [0.717, 1.165) is 5.56 Å². The van der Waals surface area contributed by atoms with Gasteiger partial charge in [0.2, 0.25) is 17.6 Å². The lowest BCUT2D eigenvalue weighted by atomic mass is 10.1. The molecule has 0 bridgehead atoms. The molecule has 1 heterocycles. The molecule has 27 heavy (non-hydrogen) atoms. The molecule has 6 nitrogen and oxygen atoms in total. The monoisotopic (exact) mass is 384 g/mol. The minimum Gasteiger partial charge on any atom is -0.454 e. The van der Waals surface area contributed by atoms with Gasteiger partial charge in [0.1, 0.15) is 0 Å². The van der Waals surface area contributed by atoms with E-state index in [2.05, 4.69) is 10.2 Å². The Morgan fingerprint density at radius 3 is 2.48 bits per heavy atom. The molecule has 3 aromatic rings. The van der Waals surface area contributed by atoms with Crippen LogP contribution < -0.4 is 0 Å². The van der Waals surface area contributed by atoms with Crippen LogP contribution in [0.3, 0.4) is 0 Å². The number of ether oxygens (including phenoxy) is 1. The zero-order valence-electron chi connectivity index (χ0n) is 14.6. The van der Waals surface area contributed by atoms with Gasteiger partial charge in [-0.1, -0.05) is 29.8 Å². The van der Waals surface area contributed by atoms with Crippen molar-refractivity contribution in [2.45, 2.75) is 25.9 Å². The summed E-state index contributed by atoms with van der Waals surface area (Å²) in [6, 6.07) is 15.8. The average molecular weight is 385 g/mol. The van der Waals surface area contributed by atoms with Gasteiger partial charge in [-0.3, -0.25) is 9.59 Å². The maximum Gasteiger partial charge on any atom is 0.307 e. The lowest BCUT2D eigenvalue weighted by Crippen LogP contribution is -2.24. The molecule has 138 valence electrons. The third kappa shape index (κ3) is 5.01. The Morgan fingerprint density at radius 1 is 1.07 bits per heavy atom. The number of esters is 1. The van der Waals surface area contributed by atoms with Crippen molar-refractivity contribution in [3.8, 4) is 11.5 Å². The van der Waals surface area contributed by atoms with Gasteiger partial charge in [0.05, 0.1) is 6.42 Å². The Balaban J connectivity index is 1.51. The molecule has 0 spiro atoms. The summed E-state index contributed by atoms with van der Waals surface area (Å²) in [5.41, 5.74) is 1.24. The van der Waals surface area contributed by atoms with Gasteiger partial charge in [0, 0.05) is 22.6 Å². The number of ketones is 1. The molecule has 1 atom stereocenters. The predicted molar refractivity (Wildman–Crippen MR) is 99.4 cm³/mol. The smallest absolute Gasteiger partial charge is 0.307 e. The third-order valence-corrected chi connectivity index (χ3v) is 4.09. The summed E-state index contributed by atoms with van der Waals surface area (Å²) in [4.78, 5) is 24.3. The molecule has 0 amide bonds. The van der Waals surface area contributed by atoms with Crippen LogP contribution in [0.1, 0.15) is 29.6 Å². The largest absolute Gasteiger partial charge is 0.454 e. The number of benzene rings is 2. The van der Waals surface area contributed by atoms with E-state index in [1.165, 1.54) is 6.92 Å². The first-order valence-electron chi connectivity index (χ1n) is 8.40. The minimum atomic E-state index is -0.888. The van der Waals surface area contributed by atoms with Crippen molar-refractivity contribution in [3.05, 3.63) is 71.1 Å². The predicted octanol–water partition coefficient (Wildman–Crippen LogP) is 4.14. The number of Topliss-reactive ketones (excluding diaryl/α,β-unsaturated/α-hetero) is 1. The van der Waals surface area contributed by atoms with Gasteiger partial charge < -0.3 is 9.15 Å². The van der Waals surface area contributed by atoms with Gasteiger partial charge in [-0.15, -0.1) is 10.2 Å². The van der Waals surface area contributed by atoms with E-state index in [1.807, 2.05) is 30.3 Å². The van der Waals surface area contributed by atoms with Crippen LogP contribution in [0, 0.1) is 0 Å². The second kappa shape index (κ2) is 8.60. The van der Waals surface area contributed by atoms with Crippen molar-refractivity contribution in [1.29, 1.82) is 0 Å². The molecule has 0 aliphatic heterocycles. The lowest BCUT2D eigenvalue weighted by Gasteiger charge is -2.12. The normalized spacial score (nSPS) is 11.8. The highest BCUT2D eigenvalue weighted by Gasteiger charge is 2.20. The van der Waals surface area contributed by atoms with E-state index in [1.54, 1.807) is 24.3 Å². The summed E-state index contributed by atoms with van der Waals surface area (Å²) in [5.74, 6) is -0.0684. The van der Waals surface area contributed by atoms with E-state index < -0.39 is 12.1 Å². The molecule has 0 radical (unpaired) electrons. The van der Waals surface area contributed by atoms with E-state index in [0.29, 0.717) is 22.4 Å². The number of aromatic nitrogens is 2. The van der Waals surface area contributed by atoms with Crippen LogP contribution in [0.4, 0.5) is 0 Å². The molecule has 3 rings (SSSR count). The van der Waals surface area contributed by atoms with Crippen molar-refractivity contribution < 1.29 is 18.7 Å². The maximum atomic E-state index is 12.3. The van der Waals surface area contributed by atoms with Crippen LogP contribution >= 0.6 is 11.6 Å². The fourth-order valence-electron chi connectivity index (χ4n) is 2.42. The van der Waals surface area contributed by atoms with Gasteiger partial charge in [-0.25, -0.2) is 0 Å². The summed E-state index contributed by atoms with van der Waals surface area (Å²) in [5, 5.41) is 8.43. The molecular formula is C20H17ClN2O4. The molecule has 0 saturated carbocycles. The average Bonchev–Trinajstić information content (AvgIpc) is 3.16. The van der Waals surface area contributed by atoms with Crippen molar-refractivity contribution in [1.82, 2.24) is 10.2 Å². The van der Waals surface area contributed by atoms with Crippen LogP contribution in [-0.4, -0.2) is 28.1 Å². The molecule has 0 saturated heterocycles. The molecule has 7 heteroatoms. The fourth-order valence-corrected chi connectivity index (χ4v) is 2.55. The van der Waals surface area contributed by atoms with Crippen molar-refractivity contribution in [2.75, 3.05) is 0 Å². The summed E-state index contributed by atoms with van der Waals surface area (Å²) in [6.07, 6.45) is -0.615. The Bertz CT molecular complexity index is 923. The molecule has 1 aromatic heterocycles. The summed E-state index contributed by atoms with van der Waals surface area (Å²) in [7, 11) is 0. The minimum absolute atomic E-state index is 0.0364. The molecular weight excluding hydrogens is 368 g/mol. The van der Waals surface area contributed by atoms with E-state index in [-0.39, 0.29) is 18.6 Å². The molecule has 0 aliphatic rings. The topological polar surface area (TPSA) is 82.3 Å². The molecule has 0 fully saturated rings. The second-order valence-corrected chi connectivity index (χ2v) is 6.31. The van der Waals surface area contributed by atoms with Gasteiger partial charge in [0.15, 0.2) is 6.10 Å². The zero-order valence-corrected chi connectivity index (χ0v) is 15.3. The SMILES string of the molecule is CC(OC(=O)CCc1nnc(-c2ccccc2)o1)C(=O)c1ccc(Cl)cc1. The Morgan fingerprint density at radius 2 is 1.78 bits per heavy atom. The van der Waals surface area contributed by atoms with Crippen molar-refractivity contribution in [3.63, 3.8) is 0 Å². The number of hydrogen-bond donors (Lipinski definition) is 0. The Labute approximate surface area is 161 Å². The van der Waals surface area contributed by atoms with Gasteiger partial charge in [-0.05, 0) is 43.3 Å². The number of carbonyl (C=O) groups excluding carboxylic acids is 2. The summed E-state index contributed by atoms with van der Waals surface area (Å²) in [6.45, 7) is 1.54. The highest BCUT2D eigenvalue weighted by atomic mass is 35.5. The maximum absolute atomic E-state index is 12.3. The molecule has 1 unspecified atom stereocenters. The van der Waals surface area contributed by atoms with Crippen LogP contribution in [0.5, 0.6) is 0 Å². The Kier molecular flexibility index (Phi) is 5.98. The third-order valence-electron chi connectivity index (χ3n) is 3.84. The van der Waals surface area contributed by atoms with Gasteiger partial charge in [-0.2, -0.15) is 0 Å². The molecule has 2 aromatic carbocycles. The van der Waals surface area contributed by atoms with Crippen molar-refractivity contribution in [2.24, 2.45) is 0 Å². The number of hydrogen-bond acceptors (Lipinski definition) is 6. The first-order valence-corrected chi connectivity index (χ1v) is 8.78. The Hall–Kier alpha value is -2.99. The molecule has 0 aliphatic carbocycles. The van der Waals surface area contributed by atoms with Gasteiger partial charge >= 0.3 is 5.97 Å². The van der Waals surface area contributed by atoms with Crippen molar-refractivity contribution >= 4 is 23.4 Å². The lowest BCUT2D eigenvalue weighted by molar-refractivity contribution is -0.146. The van der Waals surface area contributed by atoms with E-state index in [4.69, 9.17) is 20.8 Å². The van der Waals surface area contributed by atoms with Crippen LogP contribution in [0.15, 0.2) is 59.0 Å². The van der Waals surface area contributed by atoms with E-state index in [9.17, 15) is 9.59 Å². The summed E-state index contributed by atoms with van der Waals surface area (Å²) >= 11 is 5.80. The quantitative estimate of drug-likeness (QED) is 0.449. The standard InChI is InChI=1S/C20H17ClN2O4/c1-13(19(25)14-7-9-16(21)10-8-14)26-18(24)12-11-17-22-23-20(27-17)15-5-3-2-4-6-15/h2-10,13H,11-12H2,1H3. The van der Waals surface area contributed by atoms with Crippen LogP contribution in [0.2, 0.25) is 5.02 Å². The second-order valence-electron chi connectivity index (χ2n) is 5.87. The van der Waals surface area contributed by atoms with Gasteiger partial charge in [0.25, 0.3) is 0 Å². The highest BCUT2D eigenvalue weighted by molar-refractivity contribution is 6.30. The fraction of sp³-hybridized carbons (Fsp3) is 0.200. The number of rotatable bonds is 7.